The van der Waals surface area contributed by atoms with Crippen molar-refractivity contribution in [2.45, 2.75) is 13.3 Å². The van der Waals surface area contributed by atoms with Gasteiger partial charge in [0.15, 0.2) is 5.78 Å². The SMILES string of the molecule is CC(CC(=O)O)C(=O)c1cn(C)c2ccccc12. The summed E-state index contributed by atoms with van der Waals surface area (Å²) >= 11 is 0. The molecule has 18 heavy (non-hydrogen) atoms. The van der Waals surface area contributed by atoms with Crippen molar-refractivity contribution in [2.75, 3.05) is 0 Å². The highest BCUT2D eigenvalue weighted by atomic mass is 16.4. The smallest absolute Gasteiger partial charge is 0.304 e. The first-order valence-corrected chi connectivity index (χ1v) is 5.80. The molecule has 94 valence electrons. The Balaban J connectivity index is 2.42. The summed E-state index contributed by atoms with van der Waals surface area (Å²) in [7, 11) is 1.88. The topological polar surface area (TPSA) is 59.3 Å². The second-order valence-corrected chi connectivity index (χ2v) is 4.53. The number of ketones is 1. The molecule has 0 amide bonds. The lowest BCUT2D eigenvalue weighted by Gasteiger charge is -2.06. The Bertz CT molecular complexity index is 613. The Morgan fingerprint density at radius 3 is 2.67 bits per heavy atom. The number of aromatic nitrogens is 1. The molecule has 0 bridgehead atoms. The van der Waals surface area contributed by atoms with Crippen LogP contribution in [0.15, 0.2) is 30.5 Å². The number of carboxylic acid groups (broad SMARTS) is 1. The summed E-state index contributed by atoms with van der Waals surface area (Å²) in [6, 6.07) is 7.61. The normalized spacial score (nSPS) is 12.6. The fourth-order valence-electron chi connectivity index (χ4n) is 2.16. The van der Waals surface area contributed by atoms with Crippen molar-refractivity contribution >= 4 is 22.7 Å². The molecule has 0 spiro atoms. The van der Waals surface area contributed by atoms with Crippen LogP contribution in [0.1, 0.15) is 23.7 Å². The van der Waals surface area contributed by atoms with Crippen LogP contribution in [0.4, 0.5) is 0 Å². The van der Waals surface area contributed by atoms with E-state index < -0.39 is 11.9 Å². The highest BCUT2D eigenvalue weighted by molar-refractivity contribution is 6.09. The zero-order valence-electron chi connectivity index (χ0n) is 10.4. The summed E-state index contributed by atoms with van der Waals surface area (Å²) in [5, 5.41) is 9.62. The minimum absolute atomic E-state index is 0.116. The standard InChI is InChI=1S/C14H15NO3/c1-9(7-13(16)17)14(18)11-8-15(2)12-6-4-3-5-10(11)12/h3-6,8-9H,7H2,1-2H3,(H,16,17). The number of nitrogens with zero attached hydrogens (tertiary/aromatic N) is 1. The van der Waals surface area contributed by atoms with Crippen molar-refractivity contribution in [3.63, 3.8) is 0 Å². The number of hydrogen-bond acceptors (Lipinski definition) is 2. The van der Waals surface area contributed by atoms with Gasteiger partial charge in [-0.15, -0.1) is 0 Å². The van der Waals surface area contributed by atoms with Crippen LogP contribution in [-0.4, -0.2) is 21.4 Å². The van der Waals surface area contributed by atoms with Crippen molar-refractivity contribution in [3.8, 4) is 0 Å². The molecule has 0 saturated carbocycles. The molecule has 1 unspecified atom stereocenters. The number of para-hydroxylation sites is 1. The van der Waals surface area contributed by atoms with E-state index in [2.05, 4.69) is 0 Å². The van der Waals surface area contributed by atoms with Gasteiger partial charge in [-0.25, -0.2) is 0 Å². The lowest BCUT2D eigenvalue weighted by Crippen LogP contribution is -2.15. The number of carbonyl (C=O) groups is 2. The number of rotatable bonds is 4. The molecule has 2 aromatic rings. The van der Waals surface area contributed by atoms with Crippen LogP contribution >= 0.6 is 0 Å². The molecule has 4 nitrogen and oxygen atoms in total. The lowest BCUT2D eigenvalue weighted by atomic mass is 9.96. The predicted octanol–water partition coefficient (Wildman–Crippen LogP) is 2.47. The first-order chi connectivity index (χ1) is 8.50. The summed E-state index contributed by atoms with van der Waals surface area (Å²) in [6.07, 6.45) is 1.63. The molecule has 0 aliphatic carbocycles. The molecule has 2 rings (SSSR count). The van der Waals surface area contributed by atoms with Crippen LogP contribution in [0.2, 0.25) is 0 Å². The average molecular weight is 245 g/mol. The minimum Gasteiger partial charge on any atom is -0.481 e. The number of carbonyl (C=O) groups excluding carboxylic acids is 1. The first-order valence-electron chi connectivity index (χ1n) is 5.80. The summed E-state index contributed by atoms with van der Waals surface area (Å²) in [6.45, 7) is 1.65. The van der Waals surface area contributed by atoms with Gasteiger partial charge in [0.1, 0.15) is 0 Å². The molecule has 0 aliphatic heterocycles. The molecule has 0 radical (unpaired) electrons. The van der Waals surface area contributed by atoms with Crippen LogP contribution in [-0.2, 0) is 11.8 Å². The molecular weight excluding hydrogens is 230 g/mol. The molecule has 1 aromatic carbocycles. The van der Waals surface area contributed by atoms with E-state index in [1.54, 1.807) is 13.1 Å². The van der Waals surface area contributed by atoms with Gasteiger partial charge in [-0.1, -0.05) is 25.1 Å². The quantitative estimate of drug-likeness (QED) is 0.842. The third-order valence-electron chi connectivity index (χ3n) is 3.09. The zero-order chi connectivity index (χ0) is 13.3. The highest BCUT2D eigenvalue weighted by Gasteiger charge is 2.21. The Morgan fingerprint density at radius 1 is 1.33 bits per heavy atom. The van der Waals surface area contributed by atoms with E-state index in [0.717, 1.165) is 10.9 Å². The summed E-state index contributed by atoms with van der Waals surface area (Å²) in [4.78, 5) is 22.9. The van der Waals surface area contributed by atoms with Gasteiger partial charge in [-0.2, -0.15) is 0 Å². The van der Waals surface area contributed by atoms with Crippen molar-refractivity contribution < 1.29 is 14.7 Å². The number of aryl methyl sites for hydroxylation is 1. The maximum Gasteiger partial charge on any atom is 0.304 e. The van der Waals surface area contributed by atoms with Crippen LogP contribution in [0.25, 0.3) is 10.9 Å². The third kappa shape index (κ3) is 2.14. The Morgan fingerprint density at radius 2 is 2.00 bits per heavy atom. The van der Waals surface area contributed by atoms with Crippen LogP contribution in [0.3, 0.4) is 0 Å². The monoisotopic (exact) mass is 245 g/mol. The van der Waals surface area contributed by atoms with Gasteiger partial charge in [-0.3, -0.25) is 9.59 Å². The number of Topliss-reactive ketones (excluding diaryl/α,β-unsaturated/α-hetero) is 1. The Labute approximate surface area is 105 Å². The Hall–Kier alpha value is -2.10. The molecule has 1 N–H and O–H groups in total. The largest absolute Gasteiger partial charge is 0.481 e. The van der Waals surface area contributed by atoms with Crippen molar-refractivity contribution in [1.82, 2.24) is 4.57 Å². The number of carboxylic acids is 1. The van der Waals surface area contributed by atoms with Crippen LogP contribution in [0, 0.1) is 5.92 Å². The third-order valence-corrected chi connectivity index (χ3v) is 3.09. The maximum absolute atomic E-state index is 12.2. The molecule has 0 aliphatic rings. The second-order valence-electron chi connectivity index (χ2n) is 4.53. The maximum atomic E-state index is 12.2. The van der Waals surface area contributed by atoms with Crippen molar-refractivity contribution in [1.29, 1.82) is 0 Å². The molecule has 1 heterocycles. The van der Waals surface area contributed by atoms with E-state index in [4.69, 9.17) is 5.11 Å². The lowest BCUT2D eigenvalue weighted by molar-refractivity contribution is -0.137. The summed E-state index contributed by atoms with van der Waals surface area (Å²) < 4.78 is 1.88. The number of fused-ring (bicyclic) bond motifs is 1. The van der Waals surface area contributed by atoms with Gasteiger partial charge in [0.2, 0.25) is 0 Å². The van der Waals surface area contributed by atoms with Gasteiger partial charge in [0, 0.05) is 35.6 Å². The number of benzene rings is 1. The fourth-order valence-corrected chi connectivity index (χ4v) is 2.16. The minimum atomic E-state index is -0.948. The van der Waals surface area contributed by atoms with E-state index in [0.29, 0.717) is 5.56 Å². The van der Waals surface area contributed by atoms with Crippen molar-refractivity contribution in [3.05, 3.63) is 36.0 Å². The van der Waals surface area contributed by atoms with E-state index in [1.165, 1.54) is 0 Å². The zero-order valence-corrected chi connectivity index (χ0v) is 10.4. The fraction of sp³-hybridized carbons (Fsp3) is 0.286. The molecule has 1 atom stereocenters. The number of hydrogen-bond donors (Lipinski definition) is 1. The van der Waals surface area contributed by atoms with Crippen molar-refractivity contribution in [2.24, 2.45) is 13.0 Å². The summed E-state index contributed by atoms with van der Waals surface area (Å²) in [5.74, 6) is -1.57. The molecule has 1 aromatic heterocycles. The molecular formula is C14H15NO3. The summed E-state index contributed by atoms with van der Waals surface area (Å²) in [5.41, 5.74) is 1.57. The van der Waals surface area contributed by atoms with Crippen LogP contribution in [0.5, 0.6) is 0 Å². The van der Waals surface area contributed by atoms with E-state index in [1.807, 2.05) is 35.9 Å². The average Bonchev–Trinajstić information content (AvgIpc) is 2.66. The van der Waals surface area contributed by atoms with E-state index >= 15 is 0 Å². The predicted molar refractivity (Wildman–Crippen MR) is 68.7 cm³/mol. The Kier molecular flexibility index (Phi) is 3.19. The van der Waals surface area contributed by atoms with Gasteiger partial charge < -0.3 is 9.67 Å². The first kappa shape index (κ1) is 12.4. The van der Waals surface area contributed by atoms with Gasteiger partial charge in [0.05, 0.1) is 6.42 Å². The van der Waals surface area contributed by atoms with Crippen LogP contribution < -0.4 is 0 Å². The van der Waals surface area contributed by atoms with E-state index in [-0.39, 0.29) is 12.2 Å². The van der Waals surface area contributed by atoms with Gasteiger partial charge >= 0.3 is 5.97 Å². The number of aliphatic carboxylic acids is 1. The molecule has 4 heteroatoms. The van der Waals surface area contributed by atoms with Gasteiger partial charge in [-0.05, 0) is 6.07 Å². The van der Waals surface area contributed by atoms with E-state index in [9.17, 15) is 9.59 Å². The second kappa shape index (κ2) is 4.64. The van der Waals surface area contributed by atoms with Gasteiger partial charge in [0.25, 0.3) is 0 Å². The highest BCUT2D eigenvalue weighted by Crippen LogP contribution is 2.23. The molecule has 0 saturated heterocycles. The molecule has 0 fully saturated rings.